The third-order valence-corrected chi connectivity index (χ3v) is 6.13. The summed E-state index contributed by atoms with van der Waals surface area (Å²) in [6.45, 7) is 2.71. The minimum absolute atomic E-state index is 0.137. The van der Waals surface area contributed by atoms with Crippen molar-refractivity contribution in [3.8, 4) is 17.1 Å². The Bertz CT molecular complexity index is 1160. The summed E-state index contributed by atoms with van der Waals surface area (Å²) in [6.07, 6.45) is 3.46. The van der Waals surface area contributed by atoms with Crippen molar-refractivity contribution in [2.24, 2.45) is 0 Å². The van der Waals surface area contributed by atoms with Crippen LogP contribution < -0.4 is 10.1 Å². The third kappa shape index (κ3) is 4.81. The van der Waals surface area contributed by atoms with Gasteiger partial charge in [-0.2, -0.15) is 0 Å². The first kappa shape index (κ1) is 21.6. The van der Waals surface area contributed by atoms with Crippen LogP contribution in [-0.2, 0) is 11.3 Å². The summed E-state index contributed by atoms with van der Waals surface area (Å²) < 4.78 is 7.21. The largest absolute Gasteiger partial charge is 0.497 e. The van der Waals surface area contributed by atoms with E-state index in [-0.39, 0.29) is 5.91 Å². The molecular formula is C24H23N5O2S. The van der Waals surface area contributed by atoms with E-state index in [9.17, 15) is 4.79 Å². The molecule has 162 valence electrons. The predicted molar refractivity (Wildman–Crippen MR) is 126 cm³/mol. The lowest BCUT2D eigenvalue weighted by Gasteiger charge is -2.17. The summed E-state index contributed by atoms with van der Waals surface area (Å²) in [4.78, 5) is 17.4. The van der Waals surface area contributed by atoms with E-state index >= 15 is 0 Å². The highest BCUT2D eigenvalue weighted by Gasteiger charge is 2.26. The first-order valence-electron chi connectivity index (χ1n) is 10.2. The van der Waals surface area contributed by atoms with Gasteiger partial charge in [-0.3, -0.25) is 9.78 Å². The van der Waals surface area contributed by atoms with Gasteiger partial charge in [0.15, 0.2) is 11.0 Å². The average Bonchev–Trinajstić information content (AvgIpc) is 3.26. The second kappa shape index (κ2) is 10.1. The Balaban J connectivity index is 1.63. The number of hydrogen-bond acceptors (Lipinski definition) is 6. The lowest BCUT2D eigenvalue weighted by molar-refractivity contribution is -0.115. The first-order chi connectivity index (χ1) is 15.7. The van der Waals surface area contributed by atoms with E-state index in [4.69, 9.17) is 4.74 Å². The number of aromatic nitrogens is 4. The molecule has 4 aromatic rings. The van der Waals surface area contributed by atoms with Gasteiger partial charge in [-0.25, -0.2) is 0 Å². The summed E-state index contributed by atoms with van der Waals surface area (Å²) in [6, 6.07) is 20.7. The van der Waals surface area contributed by atoms with Gasteiger partial charge in [0.05, 0.1) is 7.11 Å². The van der Waals surface area contributed by atoms with E-state index in [0.29, 0.717) is 17.4 Å². The Morgan fingerprint density at radius 1 is 1.03 bits per heavy atom. The summed E-state index contributed by atoms with van der Waals surface area (Å²) in [7, 11) is 1.61. The molecule has 0 saturated heterocycles. The van der Waals surface area contributed by atoms with Crippen LogP contribution in [0.2, 0.25) is 0 Å². The monoisotopic (exact) mass is 445 g/mol. The topological polar surface area (TPSA) is 81.9 Å². The van der Waals surface area contributed by atoms with Gasteiger partial charge in [0.1, 0.15) is 11.0 Å². The summed E-state index contributed by atoms with van der Waals surface area (Å²) >= 11 is 1.38. The number of methoxy groups -OCH3 is 1. The molecule has 4 rings (SSSR count). The average molecular weight is 446 g/mol. The molecule has 2 heterocycles. The molecule has 8 heteroatoms. The molecule has 0 radical (unpaired) electrons. The third-order valence-electron chi connectivity index (χ3n) is 4.89. The van der Waals surface area contributed by atoms with E-state index in [0.717, 1.165) is 22.7 Å². The maximum Gasteiger partial charge on any atom is 0.242 e. The number of ether oxygens (including phenoxy) is 1. The van der Waals surface area contributed by atoms with Gasteiger partial charge in [0.2, 0.25) is 5.91 Å². The quantitative estimate of drug-likeness (QED) is 0.391. The SMILES string of the molecule is CCn1c(SC(C(=O)Nc2ccc(OC)cc2)c2ccccc2)nnc1-c1ccncc1. The molecule has 0 aliphatic heterocycles. The van der Waals surface area contributed by atoms with Gasteiger partial charge >= 0.3 is 0 Å². The number of pyridine rings is 1. The van der Waals surface area contributed by atoms with E-state index in [2.05, 4.69) is 20.5 Å². The zero-order valence-corrected chi connectivity index (χ0v) is 18.6. The molecule has 0 aliphatic rings. The molecule has 1 amide bonds. The van der Waals surface area contributed by atoms with Crippen LogP contribution in [0.25, 0.3) is 11.4 Å². The van der Waals surface area contributed by atoms with Gasteiger partial charge in [-0.1, -0.05) is 42.1 Å². The second-order valence-corrected chi connectivity index (χ2v) is 7.98. The standard InChI is InChI=1S/C24H23N5O2S/c1-3-29-22(18-13-15-25-16-14-18)27-28-24(29)32-21(17-7-5-4-6-8-17)23(30)26-19-9-11-20(31-2)12-10-19/h4-16,21H,3H2,1-2H3,(H,26,30). The van der Waals surface area contributed by atoms with Crippen molar-refractivity contribution in [3.05, 3.63) is 84.7 Å². The van der Waals surface area contributed by atoms with Crippen LogP contribution in [-0.4, -0.2) is 32.8 Å². The molecule has 1 N–H and O–H groups in total. The summed E-state index contributed by atoms with van der Waals surface area (Å²) in [5.74, 6) is 1.35. The van der Waals surface area contributed by atoms with E-state index < -0.39 is 5.25 Å². The molecule has 1 unspecified atom stereocenters. The fourth-order valence-electron chi connectivity index (χ4n) is 3.26. The molecule has 2 aromatic carbocycles. The molecule has 0 saturated carbocycles. The second-order valence-electron chi connectivity index (χ2n) is 6.91. The molecular weight excluding hydrogens is 422 g/mol. The van der Waals surface area contributed by atoms with Crippen molar-refractivity contribution in [2.45, 2.75) is 23.9 Å². The van der Waals surface area contributed by atoms with Gasteiger partial charge in [-0.05, 0) is 48.9 Å². The zero-order chi connectivity index (χ0) is 22.3. The number of rotatable bonds is 8. The Morgan fingerprint density at radius 2 is 1.75 bits per heavy atom. The maximum atomic E-state index is 13.3. The van der Waals surface area contributed by atoms with Gasteiger partial charge < -0.3 is 14.6 Å². The smallest absolute Gasteiger partial charge is 0.242 e. The Kier molecular flexibility index (Phi) is 6.81. The Labute approximate surface area is 190 Å². The van der Waals surface area contributed by atoms with Crippen molar-refractivity contribution in [1.29, 1.82) is 0 Å². The highest BCUT2D eigenvalue weighted by atomic mass is 32.2. The highest BCUT2D eigenvalue weighted by Crippen LogP contribution is 2.36. The lowest BCUT2D eigenvalue weighted by Crippen LogP contribution is -2.19. The van der Waals surface area contributed by atoms with E-state index in [1.807, 2.05) is 78.2 Å². The number of amides is 1. The van der Waals surface area contributed by atoms with Crippen molar-refractivity contribution in [3.63, 3.8) is 0 Å². The molecule has 1 atom stereocenters. The summed E-state index contributed by atoms with van der Waals surface area (Å²) in [5.41, 5.74) is 2.52. The van der Waals surface area contributed by atoms with Crippen LogP contribution in [0.5, 0.6) is 5.75 Å². The van der Waals surface area contributed by atoms with Crippen LogP contribution in [0.1, 0.15) is 17.7 Å². The van der Waals surface area contributed by atoms with Gasteiger partial charge in [0.25, 0.3) is 0 Å². The minimum atomic E-state index is -0.502. The highest BCUT2D eigenvalue weighted by molar-refractivity contribution is 8.00. The van der Waals surface area contributed by atoms with Gasteiger partial charge in [-0.15, -0.1) is 10.2 Å². The van der Waals surface area contributed by atoms with Crippen LogP contribution in [0, 0.1) is 0 Å². The van der Waals surface area contributed by atoms with Crippen molar-refractivity contribution in [1.82, 2.24) is 19.7 Å². The normalized spacial score (nSPS) is 11.7. The van der Waals surface area contributed by atoms with Crippen molar-refractivity contribution in [2.75, 3.05) is 12.4 Å². The van der Waals surface area contributed by atoms with Crippen LogP contribution in [0.3, 0.4) is 0 Å². The fraction of sp³-hybridized carbons (Fsp3) is 0.167. The number of thioether (sulfide) groups is 1. The van der Waals surface area contributed by atoms with Crippen LogP contribution in [0.4, 0.5) is 5.69 Å². The number of carbonyl (C=O) groups excluding carboxylic acids is 1. The number of carbonyl (C=O) groups is 1. The molecule has 0 bridgehead atoms. The first-order valence-corrected chi connectivity index (χ1v) is 11.1. The van der Waals surface area contributed by atoms with Crippen LogP contribution >= 0.6 is 11.8 Å². The number of hydrogen-bond donors (Lipinski definition) is 1. The van der Waals surface area contributed by atoms with E-state index in [1.165, 1.54) is 11.8 Å². The van der Waals surface area contributed by atoms with Crippen LogP contribution in [0.15, 0.2) is 84.3 Å². The number of benzene rings is 2. The molecule has 32 heavy (non-hydrogen) atoms. The number of nitrogens with zero attached hydrogens (tertiary/aromatic N) is 4. The molecule has 0 fully saturated rings. The molecule has 2 aromatic heterocycles. The van der Waals surface area contributed by atoms with Crippen molar-refractivity contribution < 1.29 is 9.53 Å². The van der Waals surface area contributed by atoms with Gasteiger partial charge in [0, 0.05) is 30.2 Å². The maximum absolute atomic E-state index is 13.3. The number of anilines is 1. The molecule has 0 aliphatic carbocycles. The minimum Gasteiger partial charge on any atom is -0.497 e. The number of nitrogens with one attached hydrogen (secondary N) is 1. The lowest BCUT2D eigenvalue weighted by atomic mass is 10.1. The van der Waals surface area contributed by atoms with E-state index in [1.54, 1.807) is 19.5 Å². The fourth-order valence-corrected chi connectivity index (χ4v) is 4.36. The Hall–Kier alpha value is -3.65. The predicted octanol–water partition coefficient (Wildman–Crippen LogP) is 4.84. The zero-order valence-electron chi connectivity index (χ0n) is 17.8. The summed E-state index contributed by atoms with van der Waals surface area (Å²) in [5, 5.41) is 12.0. The van der Waals surface area contributed by atoms with Crippen molar-refractivity contribution >= 4 is 23.4 Å². The molecule has 7 nitrogen and oxygen atoms in total. The Morgan fingerprint density at radius 3 is 2.41 bits per heavy atom. The molecule has 0 spiro atoms.